The quantitative estimate of drug-likeness (QED) is 0.618. The largest absolute Gasteiger partial charge is 0.493 e. The maximum atomic E-state index is 10.6. The van der Waals surface area contributed by atoms with Crippen LogP contribution in [0.5, 0.6) is 11.5 Å². The molecule has 0 aliphatic rings. The summed E-state index contributed by atoms with van der Waals surface area (Å²) in [6.45, 7) is 4.94. The molecule has 2 atom stereocenters. The number of hydrogen-bond acceptors (Lipinski definition) is 4. The summed E-state index contributed by atoms with van der Waals surface area (Å²) >= 11 is 0. The predicted octanol–water partition coefficient (Wildman–Crippen LogP) is 4.42. The van der Waals surface area contributed by atoms with E-state index in [-0.39, 0.29) is 19.0 Å². The maximum absolute atomic E-state index is 10.6. The number of aromatic nitrogens is 2. The number of nitrogens with zero attached hydrogens (tertiary/aromatic N) is 2. The number of hydrogen-bond donors (Lipinski definition) is 1. The molecule has 0 saturated heterocycles. The second-order valence-corrected chi connectivity index (χ2v) is 6.49. The van der Waals surface area contributed by atoms with Crippen LogP contribution in [-0.4, -0.2) is 34.5 Å². The van der Waals surface area contributed by atoms with Crippen LogP contribution in [0.2, 0.25) is 0 Å². The van der Waals surface area contributed by atoms with E-state index in [9.17, 15) is 5.11 Å². The topological polar surface area (TPSA) is 56.5 Å². The van der Waals surface area contributed by atoms with Crippen molar-refractivity contribution in [3.05, 3.63) is 54.4 Å². The lowest BCUT2D eigenvalue weighted by molar-refractivity contribution is 0.0909. The second kappa shape index (κ2) is 9.62. The van der Waals surface area contributed by atoms with Crippen molar-refractivity contribution in [2.45, 2.75) is 38.8 Å². The summed E-state index contributed by atoms with van der Waals surface area (Å²) in [4.78, 5) is 4.77. The molecule has 3 aromatic rings. The Morgan fingerprint density at radius 3 is 2.44 bits per heavy atom. The maximum Gasteiger partial charge on any atom is 0.161 e. The lowest BCUT2D eigenvalue weighted by atomic mass is 10.1. The molecule has 0 saturated carbocycles. The van der Waals surface area contributed by atoms with Crippen LogP contribution < -0.4 is 9.47 Å². The molecule has 0 amide bonds. The molecule has 6 heteroatoms. The van der Waals surface area contributed by atoms with Gasteiger partial charge in [0, 0.05) is 5.92 Å². The van der Waals surface area contributed by atoms with Gasteiger partial charge in [0.15, 0.2) is 11.5 Å². The van der Waals surface area contributed by atoms with Gasteiger partial charge in [0.25, 0.3) is 0 Å². The number of fused-ring (bicyclic) bond motifs is 1. The molecule has 1 aromatic heterocycles. The fraction of sp³-hybridized carbons (Fsp3) is 0.381. The van der Waals surface area contributed by atoms with E-state index in [4.69, 9.17) is 14.5 Å². The van der Waals surface area contributed by atoms with Crippen molar-refractivity contribution in [2.75, 3.05) is 13.7 Å². The van der Waals surface area contributed by atoms with E-state index in [1.165, 1.54) is 0 Å². The van der Waals surface area contributed by atoms with Gasteiger partial charge in [0.1, 0.15) is 18.5 Å². The van der Waals surface area contributed by atoms with Gasteiger partial charge in [-0.05, 0) is 30.7 Å². The van der Waals surface area contributed by atoms with Gasteiger partial charge in [-0.3, -0.25) is 0 Å². The van der Waals surface area contributed by atoms with Crippen molar-refractivity contribution in [1.82, 2.24) is 9.55 Å². The highest BCUT2D eigenvalue weighted by Gasteiger charge is 2.18. The van der Waals surface area contributed by atoms with Crippen LogP contribution in [0, 0.1) is 0 Å². The Morgan fingerprint density at radius 1 is 1.07 bits per heavy atom. The fourth-order valence-electron chi connectivity index (χ4n) is 3.03. The standard InChI is InChI=1S/C21H26N2O3.ClH/c1-4-15(2)21-22-17-9-5-6-10-18(17)23(21)13-16(24)14-26-20-12-8-7-11-19(20)25-3;/h5-12,15-16,24H,4,13-14H2,1-3H3;1H. The Bertz CT molecular complexity index is 866. The van der Waals surface area contributed by atoms with Crippen LogP contribution >= 0.6 is 12.4 Å². The second-order valence-electron chi connectivity index (χ2n) is 6.49. The van der Waals surface area contributed by atoms with E-state index in [1.807, 2.05) is 48.5 Å². The number of imidazole rings is 1. The Hall–Kier alpha value is -2.24. The zero-order valence-electron chi connectivity index (χ0n) is 16.0. The summed E-state index contributed by atoms with van der Waals surface area (Å²) in [5, 5.41) is 10.6. The van der Waals surface area contributed by atoms with Crippen molar-refractivity contribution < 1.29 is 14.6 Å². The Kier molecular flexibility index (Phi) is 7.51. The Morgan fingerprint density at radius 2 is 1.74 bits per heavy atom. The molecule has 0 radical (unpaired) electrons. The fourth-order valence-corrected chi connectivity index (χ4v) is 3.03. The number of ether oxygens (including phenoxy) is 2. The Labute approximate surface area is 166 Å². The summed E-state index contributed by atoms with van der Waals surface area (Å²) in [5.41, 5.74) is 2.00. The first-order chi connectivity index (χ1) is 12.6. The summed E-state index contributed by atoms with van der Waals surface area (Å²) in [7, 11) is 1.61. The zero-order valence-corrected chi connectivity index (χ0v) is 16.8. The minimum atomic E-state index is -0.652. The first kappa shape index (κ1) is 21.1. The molecule has 0 spiro atoms. The van der Waals surface area contributed by atoms with Gasteiger partial charge >= 0.3 is 0 Å². The predicted molar refractivity (Wildman–Crippen MR) is 110 cm³/mol. The van der Waals surface area contributed by atoms with Gasteiger partial charge in [0.2, 0.25) is 0 Å². The number of benzene rings is 2. The molecule has 0 aliphatic heterocycles. The van der Waals surface area contributed by atoms with Crippen molar-refractivity contribution >= 4 is 23.4 Å². The zero-order chi connectivity index (χ0) is 18.5. The van der Waals surface area contributed by atoms with E-state index in [0.717, 1.165) is 23.3 Å². The number of halogens is 1. The summed E-state index contributed by atoms with van der Waals surface area (Å²) in [5.74, 6) is 2.62. The third kappa shape index (κ3) is 4.73. The molecule has 3 rings (SSSR count). The SMILES string of the molecule is CCC(C)c1nc2ccccc2n1CC(O)COc1ccccc1OC.Cl. The van der Waals surface area contributed by atoms with Crippen LogP contribution in [0.1, 0.15) is 32.0 Å². The minimum absolute atomic E-state index is 0. The number of para-hydroxylation sites is 4. The average Bonchev–Trinajstić information content (AvgIpc) is 3.04. The lowest BCUT2D eigenvalue weighted by Gasteiger charge is -2.18. The molecule has 27 heavy (non-hydrogen) atoms. The van der Waals surface area contributed by atoms with E-state index >= 15 is 0 Å². The van der Waals surface area contributed by atoms with Crippen LogP contribution in [-0.2, 0) is 6.54 Å². The molecule has 1 N–H and O–H groups in total. The van der Waals surface area contributed by atoms with Crippen LogP contribution in [0.15, 0.2) is 48.5 Å². The molecule has 2 aromatic carbocycles. The third-order valence-corrected chi connectivity index (χ3v) is 4.63. The monoisotopic (exact) mass is 390 g/mol. The first-order valence-electron chi connectivity index (χ1n) is 9.03. The van der Waals surface area contributed by atoms with Crippen LogP contribution in [0.25, 0.3) is 11.0 Å². The molecule has 0 aliphatic carbocycles. The van der Waals surface area contributed by atoms with Crippen molar-refractivity contribution in [3.8, 4) is 11.5 Å². The van der Waals surface area contributed by atoms with E-state index in [2.05, 4.69) is 18.4 Å². The van der Waals surface area contributed by atoms with Gasteiger partial charge < -0.3 is 19.1 Å². The molecule has 2 unspecified atom stereocenters. The van der Waals surface area contributed by atoms with Gasteiger partial charge in [-0.1, -0.05) is 38.1 Å². The van der Waals surface area contributed by atoms with Gasteiger partial charge in [0.05, 0.1) is 24.7 Å². The van der Waals surface area contributed by atoms with Crippen molar-refractivity contribution in [3.63, 3.8) is 0 Å². The first-order valence-corrected chi connectivity index (χ1v) is 9.03. The minimum Gasteiger partial charge on any atom is -0.493 e. The number of methoxy groups -OCH3 is 1. The van der Waals surface area contributed by atoms with Gasteiger partial charge in [-0.2, -0.15) is 0 Å². The molecular formula is C21H27ClN2O3. The number of aliphatic hydroxyl groups is 1. The smallest absolute Gasteiger partial charge is 0.161 e. The highest BCUT2D eigenvalue weighted by Crippen LogP contribution is 2.27. The Balaban J connectivity index is 0.00000261. The van der Waals surface area contributed by atoms with E-state index in [0.29, 0.717) is 24.0 Å². The third-order valence-electron chi connectivity index (χ3n) is 4.63. The van der Waals surface area contributed by atoms with Crippen LogP contribution in [0.3, 0.4) is 0 Å². The lowest BCUT2D eigenvalue weighted by Crippen LogP contribution is -2.25. The number of aliphatic hydroxyl groups excluding tert-OH is 1. The average molecular weight is 391 g/mol. The van der Waals surface area contributed by atoms with Crippen molar-refractivity contribution in [2.24, 2.45) is 0 Å². The van der Waals surface area contributed by atoms with E-state index in [1.54, 1.807) is 7.11 Å². The number of rotatable bonds is 8. The molecule has 5 nitrogen and oxygen atoms in total. The highest BCUT2D eigenvalue weighted by molar-refractivity contribution is 5.85. The molecule has 0 fully saturated rings. The van der Waals surface area contributed by atoms with Gasteiger partial charge in [-0.25, -0.2) is 4.98 Å². The summed E-state index contributed by atoms with van der Waals surface area (Å²) < 4.78 is 13.2. The highest BCUT2D eigenvalue weighted by atomic mass is 35.5. The van der Waals surface area contributed by atoms with Crippen LogP contribution in [0.4, 0.5) is 0 Å². The molecular weight excluding hydrogens is 364 g/mol. The molecule has 146 valence electrons. The normalized spacial score (nSPS) is 13.0. The molecule has 1 heterocycles. The molecule has 0 bridgehead atoms. The van der Waals surface area contributed by atoms with Gasteiger partial charge in [-0.15, -0.1) is 12.4 Å². The van der Waals surface area contributed by atoms with Crippen molar-refractivity contribution in [1.29, 1.82) is 0 Å². The summed E-state index contributed by atoms with van der Waals surface area (Å²) in [6.07, 6.45) is 0.345. The van der Waals surface area contributed by atoms with E-state index < -0.39 is 6.10 Å². The summed E-state index contributed by atoms with van der Waals surface area (Å²) in [6, 6.07) is 15.5.